The maximum Gasteiger partial charge on any atom is 0.193 e. The van der Waals surface area contributed by atoms with E-state index in [0.717, 1.165) is 23.7 Å². The van der Waals surface area contributed by atoms with Gasteiger partial charge in [0.2, 0.25) is 0 Å². The van der Waals surface area contributed by atoms with Gasteiger partial charge in [-0.2, -0.15) is 0 Å². The molecule has 5 heteroatoms. The maximum atomic E-state index is 5.82. The normalized spacial score (nSPS) is 13.6. The van der Waals surface area contributed by atoms with Gasteiger partial charge in [0.05, 0.1) is 5.69 Å². The summed E-state index contributed by atoms with van der Waals surface area (Å²) in [6.45, 7) is 3.57. The zero-order valence-corrected chi connectivity index (χ0v) is 9.48. The second-order valence-corrected chi connectivity index (χ2v) is 4.85. The van der Waals surface area contributed by atoms with Crippen molar-refractivity contribution < 1.29 is 0 Å². The van der Waals surface area contributed by atoms with E-state index in [-0.39, 0.29) is 5.38 Å². The smallest absolute Gasteiger partial charge is 0.193 e. The highest BCUT2D eigenvalue weighted by Crippen LogP contribution is 2.10. The monoisotopic (exact) mass is 229 g/mol. The lowest BCUT2D eigenvalue weighted by molar-refractivity contribution is 0.671. The summed E-state index contributed by atoms with van der Waals surface area (Å²) >= 11 is 7.46. The van der Waals surface area contributed by atoms with Gasteiger partial charge in [-0.25, -0.2) is 4.98 Å². The fraction of sp³-hybridized carbons (Fsp3) is 0.444. The zero-order chi connectivity index (χ0) is 9.97. The molecule has 3 nitrogen and oxygen atoms in total. The summed E-state index contributed by atoms with van der Waals surface area (Å²) in [5.74, 6) is 0. The predicted molar refractivity (Wildman–Crippen MR) is 60.1 cm³/mol. The molecule has 1 N–H and O–H groups in total. The van der Waals surface area contributed by atoms with Crippen LogP contribution in [0.2, 0.25) is 0 Å². The molecule has 0 aliphatic rings. The van der Waals surface area contributed by atoms with Gasteiger partial charge in [-0.1, -0.05) is 0 Å². The fourth-order valence-corrected chi connectivity index (χ4v) is 2.09. The molecule has 0 spiro atoms. The molecule has 1 unspecified atom stereocenters. The summed E-state index contributed by atoms with van der Waals surface area (Å²) in [4.78, 5) is 5.49. The number of halogens is 1. The van der Waals surface area contributed by atoms with Crippen molar-refractivity contribution in [1.82, 2.24) is 14.7 Å². The van der Waals surface area contributed by atoms with E-state index in [4.69, 9.17) is 11.6 Å². The summed E-state index contributed by atoms with van der Waals surface area (Å²) in [6, 6.07) is 0. The molecule has 0 aromatic carbocycles. The average Bonchev–Trinajstić information content (AvgIpc) is 2.62. The Hall–Kier alpha value is -0.580. The van der Waals surface area contributed by atoms with Crippen molar-refractivity contribution in [2.45, 2.75) is 18.8 Å². The van der Waals surface area contributed by atoms with Gasteiger partial charge in [-0.3, -0.25) is 4.40 Å². The van der Waals surface area contributed by atoms with Gasteiger partial charge in [0, 0.05) is 36.2 Å². The van der Waals surface area contributed by atoms with Crippen LogP contribution < -0.4 is 5.32 Å². The number of hydrogen-bond donors (Lipinski definition) is 1. The first kappa shape index (κ1) is 9.96. The standard InChI is InChI=1S/C9H12ClN3S/c1-7(10)4-11-5-8-6-13-2-3-14-9(13)12-8/h2-3,6-7,11H,4-5H2,1H3. The van der Waals surface area contributed by atoms with Crippen molar-refractivity contribution in [3.05, 3.63) is 23.5 Å². The van der Waals surface area contributed by atoms with Crippen molar-refractivity contribution in [3.8, 4) is 0 Å². The van der Waals surface area contributed by atoms with Crippen molar-refractivity contribution in [3.63, 3.8) is 0 Å². The lowest BCUT2D eigenvalue weighted by Gasteiger charge is -2.02. The number of thiazole rings is 1. The molecule has 2 rings (SSSR count). The second kappa shape index (κ2) is 4.29. The molecule has 0 aliphatic heterocycles. The number of nitrogens with one attached hydrogen (secondary N) is 1. The van der Waals surface area contributed by atoms with Crippen LogP contribution in [-0.4, -0.2) is 21.3 Å². The Morgan fingerprint density at radius 1 is 1.71 bits per heavy atom. The maximum absolute atomic E-state index is 5.82. The van der Waals surface area contributed by atoms with E-state index >= 15 is 0 Å². The fourth-order valence-electron chi connectivity index (χ4n) is 1.26. The van der Waals surface area contributed by atoms with Crippen molar-refractivity contribution in [1.29, 1.82) is 0 Å². The molecule has 2 heterocycles. The minimum atomic E-state index is 0.165. The number of imidazole rings is 1. The summed E-state index contributed by atoms with van der Waals surface area (Å²) in [5.41, 5.74) is 1.06. The van der Waals surface area contributed by atoms with Crippen LogP contribution in [0.15, 0.2) is 17.8 Å². The first-order valence-electron chi connectivity index (χ1n) is 4.51. The van der Waals surface area contributed by atoms with Crippen LogP contribution in [0.25, 0.3) is 4.96 Å². The first-order valence-corrected chi connectivity index (χ1v) is 5.83. The van der Waals surface area contributed by atoms with E-state index in [1.807, 2.05) is 29.1 Å². The minimum absolute atomic E-state index is 0.165. The number of nitrogens with zero attached hydrogens (tertiary/aromatic N) is 2. The number of rotatable bonds is 4. The van der Waals surface area contributed by atoms with Gasteiger partial charge in [-0.15, -0.1) is 22.9 Å². The Kier molecular flexibility index (Phi) is 3.05. The van der Waals surface area contributed by atoms with Gasteiger partial charge in [0.25, 0.3) is 0 Å². The summed E-state index contributed by atoms with van der Waals surface area (Å²) in [5, 5.41) is 5.44. The molecule has 14 heavy (non-hydrogen) atoms. The van der Waals surface area contributed by atoms with Crippen LogP contribution in [0, 0.1) is 0 Å². The predicted octanol–water partition coefficient (Wildman–Crippen LogP) is 2.11. The third-order valence-corrected chi connectivity index (χ3v) is 2.80. The Bertz CT molecular complexity index is 378. The van der Waals surface area contributed by atoms with Gasteiger partial charge in [-0.05, 0) is 6.92 Å². The van der Waals surface area contributed by atoms with Crippen molar-refractivity contribution in [2.24, 2.45) is 0 Å². The molecular weight excluding hydrogens is 218 g/mol. The third-order valence-electron chi connectivity index (χ3n) is 1.87. The van der Waals surface area contributed by atoms with Gasteiger partial charge in [0.1, 0.15) is 0 Å². The summed E-state index contributed by atoms with van der Waals surface area (Å²) in [6.07, 6.45) is 4.05. The molecule has 2 aromatic heterocycles. The molecule has 0 fully saturated rings. The van der Waals surface area contributed by atoms with Gasteiger partial charge in [0.15, 0.2) is 4.96 Å². The topological polar surface area (TPSA) is 29.3 Å². The van der Waals surface area contributed by atoms with Crippen molar-refractivity contribution >= 4 is 27.9 Å². The quantitative estimate of drug-likeness (QED) is 0.814. The average molecular weight is 230 g/mol. The molecule has 0 aliphatic carbocycles. The van der Waals surface area contributed by atoms with Crippen LogP contribution in [-0.2, 0) is 6.54 Å². The summed E-state index contributed by atoms with van der Waals surface area (Å²) in [7, 11) is 0. The number of fused-ring (bicyclic) bond motifs is 1. The molecule has 0 saturated carbocycles. The lowest BCUT2D eigenvalue weighted by Crippen LogP contribution is -2.20. The first-order chi connectivity index (χ1) is 6.75. The largest absolute Gasteiger partial charge is 0.310 e. The Morgan fingerprint density at radius 3 is 3.29 bits per heavy atom. The SMILES string of the molecule is CC(Cl)CNCc1cn2ccsc2n1. The Labute approximate surface area is 91.7 Å². The Balaban J connectivity index is 1.95. The highest BCUT2D eigenvalue weighted by atomic mass is 35.5. The van der Waals surface area contributed by atoms with Crippen molar-refractivity contribution in [2.75, 3.05) is 6.54 Å². The van der Waals surface area contributed by atoms with E-state index in [0.29, 0.717) is 0 Å². The van der Waals surface area contributed by atoms with E-state index in [2.05, 4.69) is 10.3 Å². The molecule has 0 saturated heterocycles. The van der Waals surface area contributed by atoms with Crippen LogP contribution in [0.4, 0.5) is 0 Å². The minimum Gasteiger partial charge on any atom is -0.310 e. The Morgan fingerprint density at radius 2 is 2.57 bits per heavy atom. The number of hydrogen-bond acceptors (Lipinski definition) is 3. The highest BCUT2D eigenvalue weighted by Gasteiger charge is 2.02. The van der Waals surface area contributed by atoms with Crippen LogP contribution in [0.1, 0.15) is 12.6 Å². The van der Waals surface area contributed by atoms with Gasteiger partial charge < -0.3 is 5.32 Å². The molecule has 0 bridgehead atoms. The number of alkyl halides is 1. The number of aromatic nitrogens is 2. The van der Waals surface area contributed by atoms with E-state index in [1.54, 1.807) is 11.3 Å². The molecule has 2 aromatic rings. The summed E-state index contributed by atoms with van der Waals surface area (Å²) < 4.78 is 2.03. The third kappa shape index (κ3) is 2.26. The van der Waals surface area contributed by atoms with Crippen LogP contribution in [0.5, 0.6) is 0 Å². The van der Waals surface area contributed by atoms with E-state index < -0.39 is 0 Å². The van der Waals surface area contributed by atoms with Crippen LogP contribution in [0.3, 0.4) is 0 Å². The molecule has 76 valence electrons. The molecule has 1 atom stereocenters. The van der Waals surface area contributed by atoms with Gasteiger partial charge >= 0.3 is 0 Å². The second-order valence-electron chi connectivity index (χ2n) is 3.24. The lowest BCUT2D eigenvalue weighted by atomic mass is 10.4. The van der Waals surface area contributed by atoms with E-state index in [1.165, 1.54) is 0 Å². The van der Waals surface area contributed by atoms with E-state index in [9.17, 15) is 0 Å². The molecular formula is C9H12ClN3S. The van der Waals surface area contributed by atoms with Crippen LogP contribution >= 0.6 is 22.9 Å². The molecule has 0 amide bonds. The molecule has 0 radical (unpaired) electrons. The zero-order valence-electron chi connectivity index (χ0n) is 7.90. The highest BCUT2D eigenvalue weighted by molar-refractivity contribution is 7.15.